The number of nitrogens with zero attached hydrogens (tertiary/aromatic N) is 2. The van der Waals surface area contributed by atoms with Crippen LogP contribution in [0.4, 0.5) is 4.79 Å². The largest absolute Gasteiger partial charge is 0.465 e. The number of ether oxygens (including phenoxy) is 1. The highest BCUT2D eigenvalue weighted by Gasteiger charge is 2.33. The number of morpholine rings is 1. The molecule has 5 nitrogen and oxygen atoms in total. The van der Waals surface area contributed by atoms with Gasteiger partial charge >= 0.3 is 6.09 Å². The average molecular weight is 242 g/mol. The van der Waals surface area contributed by atoms with Gasteiger partial charge in [0.05, 0.1) is 13.2 Å². The first-order valence-electron chi connectivity index (χ1n) is 6.53. The van der Waals surface area contributed by atoms with Crippen molar-refractivity contribution in [2.45, 2.75) is 38.3 Å². The second-order valence-electron chi connectivity index (χ2n) is 4.86. The molecule has 2 heterocycles. The maximum Gasteiger partial charge on any atom is 0.407 e. The molecule has 5 heteroatoms. The highest BCUT2D eigenvalue weighted by molar-refractivity contribution is 5.65. The standard InChI is InChI=1S/C12H22N2O3/c1-2-10-9-11(3-4-14(10)12(15)16)13-5-7-17-8-6-13/h10-11H,2-9H2,1H3,(H,15,16). The Morgan fingerprint density at radius 3 is 2.65 bits per heavy atom. The Balaban J connectivity index is 1.92. The lowest BCUT2D eigenvalue weighted by Gasteiger charge is -2.43. The third-order valence-electron chi connectivity index (χ3n) is 3.97. The zero-order valence-corrected chi connectivity index (χ0v) is 10.5. The van der Waals surface area contributed by atoms with E-state index in [2.05, 4.69) is 11.8 Å². The van der Waals surface area contributed by atoms with Gasteiger partial charge in [0.2, 0.25) is 0 Å². The van der Waals surface area contributed by atoms with Gasteiger partial charge in [-0.25, -0.2) is 4.79 Å². The first-order chi connectivity index (χ1) is 8.22. The third-order valence-corrected chi connectivity index (χ3v) is 3.97. The van der Waals surface area contributed by atoms with E-state index in [0.717, 1.165) is 45.6 Å². The van der Waals surface area contributed by atoms with Crippen LogP contribution in [0.1, 0.15) is 26.2 Å². The van der Waals surface area contributed by atoms with E-state index in [0.29, 0.717) is 12.6 Å². The number of rotatable bonds is 2. The summed E-state index contributed by atoms with van der Waals surface area (Å²) in [4.78, 5) is 15.2. The van der Waals surface area contributed by atoms with Crippen LogP contribution < -0.4 is 0 Å². The molecule has 0 aromatic carbocycles. The normalized spacial score (nSPS) is 31.5. The van der Waals surface area contributed by atoms with Crippen molar-refractivity contribution < 1.29 is 14.6 Å². The number of carbonyl (C=O) groups is 1. The second kappa shape index (κ2) is 5.69. The lowest BCUT2D eigenvalue weighted by molar-refractivity contribution is -0.00810. The van der Waals surface area contributed by atoms with Crippen LogP contribution in [0.25, 0.3) is 0 Å². The van der Waals surface area contributed by atoms with E-state index in [1.165, 1.54) is 0 Å². The van der Waals surface area contributed by atoms with Crippen molar-refractivity contribution in [3.05, 3.63) is 0 Å². The molecule has 0 aromatic heterocycles. The first-order valence-corrected chi connectivity index (χ1v) is 6.53. The van der Waals surface area contributed by atoms with Gasteiger partial charge in [0.1, 0.15) is 0 Å². The fourth-order valence-electron chi connectivity index (χ4n) is 2.94. The van der Waals surface area contributed by atoms with Crippen LogP contribution in [-0.4, -0.2) is 65.9 Å². The Hall–Kier alpha value is -0.810. The SMILES string of the molecule is CCC1CC(N2CCOCC2)CCN1C(=O)O. The Morgan fingerprint density at radius 2 is 2.06 bits per heavy atom. The summed E-state index contributed by atoms with van der Waals surface area (Å²) in [5, 5.41) is 9.13. The lowest BCUT2D eigenvalue weighted by atomic mass is 9.94. The minimum absolute atomic E-state index is 0.189. The van der Waals surface area contributed by atoms with Gasteiger partial charge in [-0.3, -0.25) is 4.90 Å². The predicted molar refractivity (Wildman–Crippen MR) is 64.2 cm³/mol. The quantitative estimate of drug-likeness (QED) is 0.791. The summed E-state index contributed by atoms with van der Waals surface area (Å²) in [5.74, 6) is 0. The number of hydrogen-bond acceptors (Lipinski definition) is 3. The first kappa shape index (κ1) is 12.6. The summed E-state index contributed by atoms with van der Waals surface area (Å²) < 4.78 is 5.36. The van der Waals surface area contributed by atoms with Crippen molar-refractivity contribution in [3.8, 4) is 0 Å². The smallest absolute Gasteiger partial charge is 0.407 e. The molecular formula is C12H22N2O3. The molecule has 2 atom stereocenters. The molecule has 0 saturated carbocycles. The minimum atomic E-state index is -0.766. The van der Waals surface area contributed by atoms with Crippen molar-refractivity contribution >= 4 is 6.09 Å². The molecule has 98 valence electrons. The number of carboxylic acid groups (broad SMARTS) is 1. The molecule has 0 bridgehead atoms. The maximum absolute atomic E-state index is 11.1. The van der Waals surface area contributed by atoms with Gasteiger partial charge in [0.25, 0.3) is 0 Å². The van der Waals surface area contributed by atoms with Crippen molar-refractivity contribution in [1.29, 1.82) is 0 Å². The third kappa shape index (κ3) is 2.90. The van der Waals surface area contributed by atoms with Gasteiger partial charge in [-0.2, -0.15) is 0 Å². The zero-order valence-electron chi connectivity index (χ0n) is 10.5. The molecule has 1 amide bonds. The minimum Gasteiger partial charge on any atom is -0.465 e. The van der Waals surface area contributed by atoms with Crippen LogP contribution in [0.5, 0.6) is 0 Å². The maximum atomic E-state index is 11.1. The Bertz CT molecular complexity index is 266. The van der Waals surface area contributed by atoms with E-state index in [1.54, 1.807) is 4.90 Å². The fraction of sp³-hybridized carbons (Fsp3) is 0.917. The van der Waals surface area contributed by atoms with E-state index in [9.17, 15) is 4.79 Å². The number of hydrogen-bond donors (Lipinski definition) is 1. The number of likely N-dealkylation sites (tertiary alicyclic amines) is 1. The van der Waals surface area contributed by atoms with E-state index in [1.807, 2.05) is 0 Å². The number of amides is 1. The van der Waals surface area contributed by atoms with Gasteiger partial charge in [0, 0.05) is 31.7 Å². The Morgan fingerprint density at radius 1 is 1.35 bits per heavy atom. The van der Waals surface area contributed by atoms with Crippen LogP contribution in [0.2, 0.25) is 0 Å². The molecule has 2 saturated heterocycles. The highest BCUT2D eigenvalue weighted by atomic mass is 16.5. The number of piperidine rings is 1. The van der Waals surface area contributed by atoms with Crippen molar-refractivity contribution in [2.24, 2.45) is 0 Å². The molecule has 17 heavy (non-hydrogen) atoms. The van der Waals surface area contributed by atoms with Gasteiger partial charge in [-0.1, -0.05) is 6.92 Å². The van der Waals surface area contributed by atoms with Gasteiger partial charge in [-0.15, -0.1) is 0 Å². The summed E-state index contributed by atoms with van der Waals surface area (Å²) in [6, 6.07) is 0.730. The van der Waals surface area contributed by atoms with Crippen LogP contribution in [0, 0.1) is 0 Å². The molecule has 0 spiro atoms. The highest BCUT2D eigenvalue weighted by Crippen LogP contribution is 2.24. The van der Waals surface area contributed by atoms with E-state index in [4.69, 9.17) is 9.84 Å². The average Bonchev–Trinajstić information content (AvgIpc) is 2.39. The van der Waals surface area contributed by atoms with Crippen LogP contribution >= 0.6 is 0 Å². The van der Waals surface area contributed by atoms with Crippen LogP contribution in [0.15, 0.2) is 0 Å². The summed E-state index contributed by atoms with van der Waals surface area (Å²) in [7, 11) is 0. The van der Waals surface area contributed by atoms with Gasteiger partial charge in [0.15, 0.2) is 0 Å². The van der Waals surface area contributed by atoms with E-state index < -0.39 is 6.09 Å². The summed E-state index contributed by atoms with van der Waals surface area (Å²) in [6.07, 6.45) is 2.08. The van der Waals surface area contributed by atoms with E-state index in [-0.39, 0.29) is 6.04 Å². The molecule has 2 unspecified atom stereocenters. The molecule has 0 radical (unpaired) electrons. The van der Waals surface area contributed by atoms with E-state index >= 15 is 0 Å². The summed E-state index contributed by atoms with van der Waals surface area (Å²) in [5.41, 5.74) is 0. The summed E-state index contributed by atoms with van der Waals surface area (Å²) in [6.45, 7) is 6.37. The fourth-order valence-corrected chi connectivity index (χ4v) is 2.94. The monoisotopic (exact) mass is 242 g/mol. The predicted octanol–water partition coefficient (Wildman–Crippen LogP) is 1.24. The van der Waals surface area contributed by atoms with Crippen LogP contribution in [0.3, 0.4) is 0 Å². The second-order valence-corrected chi connectivity index (χ2v) is 4.86. The molecule has 2 fully saturated rings. The van der Waals surface area contributed by atoms with Crippen LogP contribution in [-0.2, 0) is 4.74 Å². The molecule has 0 aromatic rings. The van der Waals surface area contributed by atoms with Crippen molar-refractivity contribution in [2.75, 3.05) is 32.8 Å². The zero-order chi connectivity index (χ0) is 12.3. The summed E-state index contributed by atoms with van der Waals surface area (Å²) >= 11 is 0. The lowest BCUT2D eigenvalue weighted by Crippen LogP contribution is -2.53. The van der Waals surface area contributed by atoms with Gasteiger partial charge < -0.3 is 14.7 Å². The van der Waals surface area contributed by atoms with Crippen molar-refractivity contribution in [1.82, 2.24) is 9.80 Å². The molecule has 2 aliphatic rings. The molecule has 1 N–H and O–H groups in total. The Kier molecular flexibility index (Phi) is 4.23. The molecular weight excluding hydrogens is 220 g/mol. The van der Waals surface area contributed by atoms with Gasteiger partial charge in [-0.05, 0) is 19.3 Å². The molecule has 2 rings (SSSR count). The van der Waals surface area contributed by atoms with Crippen molar-refractivity contribution in [3.63, 3.8) is 0 Å². The Labute approximate surface area is 102 Å². The topological polar surface area (TPSA) is 53.0 Å². The molecule has 0 aliphatic carbocycles. The molecule has 2 aliphatic heterocycles.